The highest BCUT2D eigenvalue weighted by molar-refractivity contribution is 7.17. The number of hydrogen-bond acceptors (Lipinski definition) is 4. The number of benzene rings is 3. The van der Waals surface area contributed by atoms with Crippen LogP contribution in [0.15, 0.2) is 60.7 Å². The van der Waals surface area contributed by atoms with E-state index in [4.69, 9.17) is 0 Å². The lowest BCUT2D eigenvalue weighted by Crippen LogP contribution is -2.32. The molecule has 5 nitrogen and oxygen atoms in total. The van der Waals surface area contributed by atoms with Crippen molar-refractivity contribution in [3.63, 3.8) is 0 Å². The SMILES string of the molecule is CNc1ccc(C(=O)N2CCc3cc(C(=O)Nc4c(F)cccc4F)sc3-c3cc(F)c(F)cc32)cc1. The van der Waals surface area contributed by atoms with Gasteiger partial charge in [-0.05, 0) is 60.5 Å². The molecule has 37 heavy (non-hydrogen) atoms. The van der Waals surface area contributed by atoms with Gasteiger partial charge in [0.05, 0.1) is 10.6 Å². The molecule has 2 amide bonds. The van der Waals surface area contributed by atoms with Crippen molar-refractivity contribution in [3.05, 3.63) is 99.9 Å². The highest BCUT2D eigenvalue weighted by atomic mass is 32.1. The number of carbonyl (C=O) groups is 2. The molecule has 1 aliphatic heterocycles. The zero-order chi connectivity index (χ0) is 26.3. The van der Waals surface area contributed by atoms with Gasteiger partial charge in [-0.1, -0.05) is 6.07 Å². The Morgan fingerprint density at radius 2 is 1.57 bits per heavy atom. The van der Waals surface area contributed by atoms with Crippen LogP contribution in [0.25, 0.3) is 10.4 Å². The first-order valence-corrected chi connectivity index (χ1v) is 12.1. The molecule has 10 heteroatoms. The van der Waals surface area contributed by atoms with Crippen LogP contribution in [-0.4, -0.2) is 25.4 Å². The van der Waals surface area contributed by atoms with Gasteiger partial charge in [0, 0.05) is 41.4 Å². The number of amides is 2. The normalized spacial score (nSPS) is 12.4. The number of hydrogen-bond donors (Lipinski definition) is 2. The number of rotatable bonds is 4. The van der Waals surface area contributed by atoms with E-state index >= 15 is 0 Å². The summed E-state index contributed by atoms with van der Waals surface area (Å²) < 4.78 is 56.8. The monoisotopic (exact) mass is 525 g/mol. The molecule has 0 unspecified atom stereocenters. The molecule has 3 aromatic carbocycles. The Morgan fingerprint density at radius 3 is 2.24 bits per heavy atom. The Bertz CT molecular complexity index is 1520. The van der Waals surface area contributed by atoms with Gasteiger partial charge in [-0.25, -0.2) is 17.6 Å². The van der Waals surface area contributed by atoms with Crippen molar-refractivity contribution in [1.82, 2.24) is 0 Å². The summed E-state index contributed by atoms with van der Waals surface area (Å²) in [6.07, 6.45) is 0.283. The van der Waals surface area contributed by atoms with E-state index in [1.807, 2.05) is 0 Å². The molecule has 0 aliphatic carbocycles. The second-order valence-corrected chi connectivity index (χ2v) is 9.39. The van der Waals surface area contributed by atoms with Crippen molar-refractivity contribution in [2.75, 3.05) is 29.1 Å². The third kappa shape index (κ3) is 4.55. The number of fused-ring (bicyclic) bond motifs is 3. The number of anilines is 3. The Labute approximate surface area is 213 Å². The molecular weight excluding hydrogens is 506 g/mol. The fourth-order valence-electron chi connectivity index (χ4n) is 4.19. The topological polar surface area (TPSA) is 61.4 Å². The smallest absolute Gasteiger partial charge is 0.265 e. The molecule has 2 heterocycles. The molecule has 0 radical (unpaired) electrons. The predicted molar refractivity (Wildman–Crippen MR) is 135 cm³/mol. The largest absolute Gasteiger partial charge is 0.388 e. The summed E-state index contributed by atoms with van der Waals surface area (Å²) in [5.41, 5.74) is 1.63. The summed E-state index contributed by atoms with van der Waals surface area (Å²) in [5, 5.41) is 5.21. The van der Waals surface area contributed by atoms with Gasteiger partial charge in [0.15, 0.2) is 11.6 Å². The van der Waals surface area contributed by atoms with Crippen molar-refractivity contribution < 1.29 is 27.2 Å². The van der Waals surface area contributed by atoms with Gasteiger partial charge >= 0.3 is 0 Å². The first-order valence-electron chi connectivity index (χ1n) is 11.2. The first-order chi connectivity index (χ1) is 17.8. The predicted octanol–water partition coefficient (Wildman–Crippen LogP) is 6.47. The third-order valence-corrected chi connectivity index (χ3v) is 7.29. The highest BCUT2D eigenvalue weighted by Gasteiger charge is 2.29. The number of nitrogens with one attached hydrogen (secondary N) is 2. The van der Waals surface area contributed by atoms with E-state index in [0.29, 0.717) is 16.0 Å². The summed E-state index contributed by atoms with van der Waals surface area (Å²) >= 11 is 0.967. The van der Waals surface area contributed by atoms with Gasteiger partial charge in [-0.15, -0.1) is 11.3 Å². The van der Waals surface area contributed by atoms with Crippen LogP contribution in [0, 0.1) is 23.3 Å². The van der Waals surface area contributed by atoms with Crippen molar-refractivity contribution in [2.24, 2.45) is 0 Å². The lowest BCUT2D eigenvalue weighted by atomic mass is 10.1. The van der Waals surface area contributed by atoms with Gasteiger partial charge in [-0.3, -0.25) is 9.59 Å². The molecule has 0 spiro atoms. The van der Waals surface area contributed by atoms with Crippen LogP contribution < -0.4 is 15.5 Å². The van der Waals surface area contributed by atoms with E-state index in [1.54, 1.807) is 31.3 Å². The Kier molecular flexibility index (Phi) is 6.43. The van der Waals surface area contributed by atoms with Crippen LogP contribution in [-0.2, 0) is 6.42 Å². The molecule has 0 saturated heterocycles. The quantitative estimate of drug-likeness (QED) is 0.300. The van der Waals surface area contributed by atoms with Crippen molar-refractivity contribution in [3.8, 4) is 10.4 Å². The third-order valence-electron chi connectivity index (χ3n) is 6.08. The van der Waals surface area contributed by atoms with Crippen LogP contribution in [0.5, 0.6) is 0 Å². The van der Waals surface area contributed by atoms with Crippen molar-refractivity contribution >= 4 is 40.2 Å². The maximum absolute atomic E-state index is 14.4. The van der Waals surface area contributed by atoms with Crippen molar-refractivity contribution in [2.45, 2.75) is 6.42 Å². The molecule has 1 aromatic heterocycles. The maximum Gasteiger partial charge on any atom is 0.265 e. The lowest BCUT2D eigenvalue weighted by molar-refractivity contribution is 0.0985. The lowest BCUT2D eigenvalue weighted by Gasteiger charge is -2.23. The Balaban J connectivity index is 1.53. The minimum atomic E-state index is -1.12. The van der Waals surface area contributed by atoms with Gasteiger partial charge < -0.3 is 15.5 Å². The number of carbonyl (C=O) groups excluding carboxylic acids is 2. The van der Waals surface area contributed by atoms with Crippen molar-refractivity contribution in [1.29, 1.82) is 0 Å². The number of nitrogens with zero attached hydrogens (tertiary/aromatic N) is 1. The molecule has 0 saturated carbocycles. The summed E-state index contributed by atoms with van der Waals surface area (Å²) in [5.74, 6) is -5.21. The van der Waals surface area contributed by atoms with Gasteiger partial charge in [0.25, 0.3) is 11.8 Å². The fourth-order valence-corrected chi connectivity index (χ4v) is 5.32. The van der Waals surface area contributed by atoms with E-state index in [2.05, 4.69) is 10.6 Å². The minimum Gasteiger partial charge on any atom is -0.388 e. The zero-order valence-corrected chi connectivity index (χ0v) is 20.2. The van der Waals surface area contributed by atoms with Crippen LogP contribution in [0.4, 0.5) is 34.6 Å². The summed E-state index contributed by atoms with van der Waals surface area (Å²) in [7, 11) is 1.75. The van der Waals surface area contributed by atoms with E-state index in [0.717, 1.165) is 41.3 Å². The van der Waals surface area contributed by atoms with Crippen LogP contribution in [0.1, 0.15) is 25.6 Å². The first kappa shape index (κ1) is 24.5. The second kappa shape index (κ2) is 9.70. The van der Waals surface area contributed by atoms with Gasteiger partial charge in [-0.2, -0.15) is 0 Å². The summed E-state index contributed by atoms with van der Waals surface area (Å²) in [4.78, 5) is 28.2. The number of thiophene rings is 1. The molecule has 2 N–H and O–H groups in total. The molecule has 0 atom stereocenters. The molecule has 0 bridgehead atoms. The Morgan fingerprint density at radius 1 is 0.892 bits per heavy atom. The average molecular weight is 526 g/mol. The number of halogens is 4. The summed E-state index contributed by atoms with van der Waals surface area (Å²) in [6.45, 7) is 0.136. The second-order valence-electron chi connectivity index (χ2n) is 8.33. The molecule has 188 valence electrons. The standard InChI is InChI=1S/C27H19F4N3O2S/c1-32-16-7-5-14(6-8-16)27(36)34-10-9-15-11-23(26(35)33-24-18(28)3-2-4-19(24)29)37-25(15)17-12-20(30)21(31)13-22(17)34/h2-8,11-13,32H,9-10H2,1H3,(H,33,35). The average Bonchev–Trinajstić information content (AvgIpc) is 3.26. The maximum atomic E-state index is 14.4. The Hall–Kier alpha value is -4.18. The van der Waals surface area contributed by atoms with Crippen LogP contribution in [0.2, 0.25) is 0 Å². The molecule has 1 aliphatic rings. The van der Waals surface area contributed by atoms with E-state index in [9.17, 15) is 27.2 Å². The molecule has 5 rings (SSSR count). The van der Waals surface area contributed by atoms with Crippen LogP contribution >= 0.6 is 11.3 Å². The van der Waals surface area contributed by atoms with Gasteiger partial charge in [0.1, 0.15) is 17.3 Å². The summed E-state index contributed by atoms with van der Waals surface area (Å²) in [6, 6.07) is 13.5. The van der Waals surface area contributed by atoms with E-state index in [1.165, 1.54) is 17.0 Å². The van der Waals surface area contributed by atoms with Crippen LogP contribution in [0.3, 0.4) is 0 Å². The van der Waals surface area contributed by atoms with E-state index in [-0.39, 0.29) is 29.1 Å². The molecular formula is C27H19F4N3O2S. The highest BCUT2D eigenvalue weighted by Crippen LogP contribution is 2.43. The van der Waals surface area contributed by atoms with E-state index < -0.39 is 40.8 Å². The minimum absolute atomic E-state index is 0.130. The zero-order valence-electron chi connectivity index (χ0n) is 19.4. The van der Waals surface area contributed by atoms with Gasteiger partial charge in [0.2, 0.25) is 0 Å². The number of para-hydroxylation sites is 1. The molecule has 4 aromatic rings. The fraction of sp³-hybridized carbons (Fsp3) is 0.111. The molecule has 0 fully saturated rings.